The minimum absolute atomic E-state index is 0.0413. The minimum atomic E-state index is 0.0413. The van der Waals surface area contributed by atoms with Crippen molar-refractivity contribution in [2.45, 2.75) is 6.42 Å². The van der Waals surface area contributed by atoms with Gasteiger partial charge in [0.25, 0.3) is 0 Å². The van der Waals surface area contributed by atoms with Gasteiger partial charge in [0.05, 0.1) is 0 Å². The summed E-state index contributed by atoms with van der Waals surface area (Å²) < 4.78 is 0. The molecule has 0 saturated heterocycles. The standard InChI is InChI=1S/C14H12ClNO/c15-12-6-7-13(16)11(8-12)9-14(17)10-4-2-1-3-5-10/h1-8H,9,16H2. The zero-order valence-electron chi connectivity index (χ0n) is 9.19. The number of rotatable bonds is 3. The Hall–Kier alpha value is -1.80. The lowest BCUT2D eigenvalue weighted by atomic mass is 10.0. The first-order valence-electron chi connectivity index (χ1n) is 5.29. The Balaban J connectivity index is 2.22. The largest absolute Gasteiger partial charge is 0.398 e. The van der Waals surface area contributed by atoms with Crippen LogP contribution in [0, 0.1) is 0 Å². The number of benzene rings is 2. The Labute approximate surface area is 105 Å². The van der Waals surface area contributed by atoms with Crippen LogP contribution < -0.4 is 5.73 Å². The predicted octanol–water partition coefficient (Wildman–Crippen LogP) is 3.35. The van der Waals surface area contributed by atoms with Gasteiger partial charge in [0.2, 0.25) is 0 Å². The molecule has 2 rings (SSSR count). The van der Waals surface area contributed by atoms with E-state index in [2.05, 4.69) is 0 Å². The van der Waals surface area contributed by atoms with E-state index in [9.17, 15) is 4.79 Å². The molecule has 0 fully saturated rings. The van der Waals surface area contributed by atoms with Crippen molar-refractivity contribution in [1.82, 2.24) is 0 Å². The highest BCUT2D eigenvalue weighted by molar-refractivity contribution is 6.30. The van der Waals surface area contributed by atoms with Gasteiger partial charge in [-0.15, -0.1) is 0 Å². The first-order chi connectivity index (χ1) is 8.16. The second-order valence-corrected chi connectivity index (χ2v) is 4.25. The summed E-state index contributed by atoms with van der Waals surface area (Å²) in [6.07, 6.45) is 0.274. The molecular formula is C14H12ClNO. The SMILES string of the molecule is Nc1ccc(Cl)cc1CC(=O)c1ccccc1. The Morgan fingerprint density at radius 1 is 1.12 bits per heavy atom. The van der Waals surface area contributed by atoms with Crippen molar-refractivity contribution in [2.75, 3.05) is 5.73 Å². The van der Waals surface area contributed by atoms with Crippen LogP contribution in [0.1, 0.15) is 15.9 Å². The third-order valence-electron chi connectivity index (χ3n) is 2.55. The summed E-state index contributed by atoms with van der Waals surface area (Å²) in [6.45, 7) is 0. The molecule has 0 aliphatic carbocycles. The van der Waals surface area contributed by atoms with Crippen LogP contribution in [0.5, 0.6) is 0 Å². The lowest BCUT2D eigenvalue weighted by molar-refractivity contribution is 0.0993. The maximum absolute atomic E-state index is 12.0. The van der Waals surface area contributed by atoms with Crippen LogP contribution in [0.3, 0.4) is 0 Å². The van der Waals surface area contributed by atoms with Gasteiger partial charge >= 0.3 is 0 Å². The molecule has 0 spiro atoms. The van der Waals surface area contributed by atoms with Gasteiger partial charge in [-0.2, -0.15) is 0 Å². The highest BCUT2D eigenvalue weighted by atomic mass is 35.5. The molecule has 0 aliphatic heterocycles. The van der Waals surface area contributed by atoms with Crippen molar-refractivity contribution in [3.05, 3.63) is 64.7 Å². The number of halogens is 1. The molecular weight excluding hydrogens is 234 g/mol. The fourth-order valence-corrected chi connectivity index (χ4v) is 1.82. The normalized spacial score (nSPS) is 10.2. The molecule has 0 saturated carbocycles. The maximum atomic E-state index is 12.0. The van der Waals surface area contributed by atoms with Gasteiger partial charge in [-0.3, -0.25) is 4.79 Å². The summed E-state index contributed by atoms with van der Waals surface area (Å²) in [5.41, 5.74) is 7.86. The summed E-state index contributed by atoms with van der Waals surface area (Å²) in [5.74, 6) is 0.0413. The molecule has 0 aliphatic rings. The fraction of sp³-hybridized carbons (Fsp3) is 0.0714. The van der Waals surface area contributed by atoms with Crippen molar-refractivity contribution in [1.29, 1.82) is 0 Å². The number of anilines is 1. The first-order valence-corrected chi connectivity index (χ1v) is 5.67. The zero-order chi connectivity index (χ0) is 12.3. The molecule has 0 radical (unpaired) electrons. The molecule has 3 heteroatoms. The number of nitrogens with two attached hydrogens (primary N) is 1. The summed E-state index contributed by atoms with van der Waals surface area (Å²) in [7, 11) is 0. The monoisotopic (exact) mass is 245 g/mol. The second-order valence-electron chi connectivity index (χ2n) is 3.81. The summed E-state index contributed by atoms with van der Waals surface area (Å²) >= 11 is 5.88. The number of Topliss-reactive ketones (excluding diaryl/α,β-unsaturated/α-hetero) is 1. The van der Waals surface area contributed by atoms with Crippen LogP contribution in [0.25, 0.3) is 0 Å². The van der Waals surface area contributed by atoms with E-state index in [0.717, 1.165) is 5.56 Å². The fourth-order valence-electron chi connectivity index (χ4n) is 1.63. The van der Waals surface area contributed by atoms with Crippen LogP contribution in [0.15, 0.2) is 48.5 Å². The van der Waals surface area contributed by atoms with Gasteiger partial charge in [-0.05, 0) is 23.8 Å². The molecule has 2 aromatic rings. The third kappa shape index (κ3) is 2.86. The number of ketones is 1. The Morgan fingerprint density at radius 2 is 1.82 bits per heavy atom. The number of nitrogen functional groups attached to an aromatic ring is 1. The van der Waals surface area contributed by atoms with Crippen molar-refractivity contribution in [3.63, 3.8) is 0 Å². The molecule has 0 bridgehead atoms. The topological polar surface area (TPSA) is 43.1 Å². The van der Waals surface area contributed by atoms with Crippen LogP contribution in [0.4, 0.5) is 5.69 Å². The molecule has 2 aromatic carbocycles. The predicted molar refractivity (Wildman–Crippen MR) is 70.3 cm³/mol. The van der Waals surface area contributed by atoms with Crippen molar-refractivity contribution >= 4 is 23.1 Å². The molecule has 2 nitrogen and oxygen atoms in total. The Bertz CT molecular complexity index is 537. The van der Waals surface area contributed by atoms with Gasteiger partial charge < -0.3 is 5.73 Å². The quantitative estimate of drug-likeness (QED) is 0.666. The van der Waals surface area contributed by atoms with Crippen LogP contribution in [-0.2, 0) is 6.42 Å². The van der Waals surface area contributed by atoms with E-state index in [4.69, 9.17) is 17.3 Å². The highest BCUT2D eigenvalue weighted by Gasteiger charge is 2.09. The Morgan fingerprint density at radius 3 is 2.53 bits per heavy atom. The smallest absolute Gasteiger partial charge is 0.167 e. The van der Waals surface area contributed by atoms with Crippen LogP contribution in [0.2, 0.25) is 5.02 Å². The van der Waals surface area contributed by atoms with Crippen molar-refractivity contribution in [2.24, 2.45) is 0 Å². The van der Waals surface area contributed by atoms with Gasteiger partial charge in [0.15, 0.2) is 5.78 Å². The van der Waals surface area contributed by atoms with Gasteiger partial charge in [0.1, 0.15) is 0 Å². The van der Waals surface area contributed by atoms with Crippen LogP contribution in [-0.4, -0.2) is 5.78 Å². The second kappa shape index (κ2) is 5.02. The van der Waals surface area contributed by atoms with Gasteiger partial charge in [-0.25, -0.2) is 0 Å². The van der Waals surface area contributed by atoms with Gasteiger partial charge in [-0.1, -0.05) is 41.9 Å². The Kier molecular flexibility index (Phi) is 3.45. The summed E-state index contributed by atoms with van der Waals surface area (Å²) in [4.78, 5) is 12.0. The minimum Gasteiger partial charge on any atom is -0.398 e. The molecule has 0 atom stereocenters. The number of carbonyl (C=O) groups excluding carboxylic acids is 1. The third-order valence-corrected chi connectivity index (χ3v) is 2.79. The van der Waals surface area contributed by atoms with E-state index in [1.807, 2.05) is 18.2 Å². The highest BCUT2D eigenvalue weighted by Crippen LogP contribution is 2.19. The molecule has 0 unspecified atom stereocenters. The summed E-state index contributed by atoms with van der Waals surface area (Å²) in [5, 5.41) is 0.593. The molecule has 86 valence electrons. The molecule has 0 aromatic heterocycles. The van der Waals surface area contributed by atoms with E-state index < -0.39 is 0 Å². The van der Waals surface area contributed by atoms with Crippen molar-refractivity contribution in [3.8, 4) is 0 Å². The molecule has 17 heavy (non-hydrogen) atoms. The molecule has 2 N–H and O–H groups in total. The number of hydrogen-bond acceptors (Lipinski definition) is 2. The lowest BCUT2D eigenvalue weighted by Crippen LogP contribution is -2.05. The number of hydrogen-bond donors (Lipinski definition) is 1. The maximum Gasteiger partial charge on any atom is 0.167 e. The van der Waals surface area contributed by atoms with E-state index in [-0.39, 0.29) is 12.2 Å². The van der Waals surface area contributed by atoms with E-state index in [1.165, 1.54) is 0 Å². The first kappa shape index (κ1) is 11.7. The lowest BCUT2D eigenvalue weighted by Gasteiger charge is -2.05. The van der Waals surface area contributed by atoms with Crippen LogP contribution >= 0.6 is 11.6 Å². The molecule has 0 amide bonds. The zero-order valence-corrected chi connectivity index (χ0v) is 9.95. The average molecular weight is 246 g/mol. The molecule has 0 heterocycles. The number of carbonyl (C=O) groups is 1. The average Bonchev–Trinajstić information content (AvgIpc) is 2.35. The van der Waals surface area contributed by atoms with Crippen molar-refractivity contribution < 1.29 is 4.79 Å². The van der Waals surface area contributed by atoms with E-state index >= 15 is 0 Å². The van der Waals surface area contributed by atoms with Gasteiger partial charge in [0, 0.05) is 22.7 Å². The van der Waals surface area contributed by atoms with E-state index in [1.54, 1.807) is 30.3 Å². The summed E-state index contributed by atoms with van der Waals surface area (Å²) in [6, 6.07) is 14.3. The van der Waals surface area contributed by atoms with E-state index in [0.29, 0.717) is 16.3 Å².